The molecule has 0 heterocycles. The first-order valence-electron chi connectivity index (χ1n) is 9.06. The largest absolute Gasteiger partial charge is 0.357 e. The molecule has 2 nitrogen and oxygen atoms in total. The van der Waals surface area contributed by atoms with Crippen LogP contribution in [0.15, 0.2) is 46.9 Å². The lowest BCUT2D eigenvalue weighted by Gasteiger charge is -2.32. The maximum Gasteiger partial charge on any atom is 0.171 e. The molecule has 3 rings (SSSR count). The Balaban J connectivity index is 1.62. The smallest absolute Gasteiger partial charge is 0.171 e. The molecule has 138 valence electrons. The average Bonchev–Trinajstić information content (AvgIpc) is 3.06. The van der Waals surface area contributed by atoms with E-state index in [1.54, 1.807) is 0 Å². The Morgan fingerprint density at radius 1 is 1.15 bits per heavy atom. The van der Waals surface area contributed by atoms with E-state index in [2.05, 4.69) is 51.7 Å². The van der Waals surface area contributed by atoms with Crippen molar-refractivity contribution in [1.82, 2.24) is 5.32 Å². The van der Waals surface area contributed by atoms with Crippen molar-refractivity contribution in [2.75, 3.05) is 5.32 Å². The van der Waals surface area contributed by atoms with Crippen molar-refractivity contribution < 1.29 is 0 Å². The summed E-state index contributed by atoms with van der Waals surface area (Å²) in [4.78, 5) is 0. The monoisotopic (exact) mass is 450 g/mol. The highest BCUT2D eigenvalue weighted by atomic mass is 79.9. The highest BCUT2D eigenvalue weighted by molar-refractivity contribution is 9.10. The van der Waals surface area contributed by atoms with Crippen LogP contribution in [0.1, 0.15) is 43.2 Å². The fourth-order valence-electron chi connectivity index (χ4n) is 3.65. The van der Waals surface area contributed by atoms with Gasteiger partial charge in [0, 0.05) is 20.7 Å². The van der Waals surface area contributed by atoms with Gasteiger partial charge in [-0.2, -0.15) is 0 Å². The topological polar surface area (TPSA) is 24.1 Å². The van der Waals surface area contributed by atoms with Gasteiger partial charge in [0.1, 0.15) is 0 Å². The summed E-state index contributed by atoms with van der Waals surface area (Å²) < 4.78 is 1.11. The first kappa shape index (κ1) is 19.7. The van der Waals surface area contributed by atoms with Crippen LogP contribution in [-0.4, -0.2) is 10.7 Å². The van der Waals surface area contributed by atoms with Gasteiger partial charge in [0.2, 0.25) is 0 Å². The molecule has 1 saturated carbocycles. The van der Waals surface area contributed by atoms with Gasteiger partial charge >= 0.3 is 0 Å². The Kier molecular flexibility index (Phi) is 6.60. The number of aryl methyl sites for hydroxylation is 2. The summed E-state index contributed by atoms with van der Waals surface area (Å²) in [5.74, 6) is 0. The van der Waals surface area contributed by atoms with E-state index in [0.717, 1.165) is 28.0 Å². The van der Waals surface area contributed by atoms with Crippen LogP contribution in [0.2, 0.25) is 5.02 Å². The van der Waals surface area contributed by atoms with E-state index in [1.165, 1.54) is 36.8 Å². The van der Waals surface area contributed by atoms with Crippen molar-refractivity contribution in [2.24, 2.45) is 0 Å². The van der Waals surface area contributed by atoms with Crippen LogP contribution in [-0.2, 0) is 6.42 Å². The van der Waals surface area contributed by atoms with Crippen molar-refractivity contribution in [3.8, 4) is 0 Å². The molecular weight excluding hydrogens is 428 g/mol. The van der Waals surface area contributed by atoms with Gasteiger partial charge in [-0.3, -0.25) is 0 Å². The molecule has 0 atom stereocenters. The van der Waals surface area contributed by atoms with Gasteiger partial charge in [0.05, 0.1) is 0 Å². The van der Waals surface area contributed by atoms with E-state index in [9.17, 15) is 0 Å². The molecule has 0 radical (unpaired) electrons. The van der Waals surface area contributed by atoms with Gasteiger partial charge in [-0.15, -0.1) is 0 Å². The zero-order valence-electron chi connectivity index (χ0n) is 14.9. The molecule has 5 heteroatoms. The van der Waals surface area contributed by atoms with Gasteiger partial charge in [-0.05, 0) is 86.3 Å². The normalized spacial score (nSPS) is 15.7. The molecule has 0 aromatic heterocycles. The fraction of sp³-hybridized carbons (Fsp3) is 0.381. The van der Waals surface area contributed by atoms with Gasteiger partial charge in [0.25, 0.3) is 0 Å². The van der Waals surface area contributed by atoms with E-state index in [1.807, 2.05) is 24.3 Å². The molecule has 1 aliphatic rings. The van der Waals surface area contributed by atoms with E-state index in [0.29, 0.717) is 5.11 Å². The first-order chi connectivity index (χ1) is 12.5. The van der Waals surface area contributed by atoms with Crippen molar-refractivity contribution >= 4 is 50.5 Å². The Hall–Kier alpha value is -1.10. The minimum absolute atomic E-state index is 0.0914. The van der Waals surface area contributed by atoms with Gasteiger partial charge in [0.15, 0.2) is 5.11 Å². The third kappa shape index (κ3) is 5.21. The van der Waals surface area contributed by atoms with E-state index in [4.69, 9.17) is 23.8 Å². The molecule has 0 amide bonds. The molecule has 1 fully saturated rings. The molecule has 0 saturated heterocycles. The Morgan fingerprint density at radius 3 is 2.50 bits per heavy atom. The second-order valence-corrected chi connectivity index (χ2v) is 8.86. The minimum Gasteiger partial charge on any atom is -0.357 e. The fourth-order valence-corrected chi connectivity index (χ4v) is 4.36. The molecule has 2 N–H and O–H groups in total. The van der Waals surface area contributed by atoms with Crippen molar-refractivity contribution in [3.05, 3.63) is 63.1 Å². The summed E-state index contributed by atoms with van der Waals surface area (Å²) in [7, 11) is 0. The summed E-state index contributed by atoms with van der Waals surface area (Å²) in [6, 6.07) is 14.4. The van der Waals surface area contributed by atoms with E-state index in [-0.39, 0.29) is 5.54 Å². The maximum absolute atomic E-state index is 5.99. The molecule has 26 heavy (non-hydrogen) atoms. The van der Waals surface area contributed by atoms with Crippen LogP contribution < -0.4 is 10.6 Å². The molecular formula is C21H24BrClN2S. The second kappa shape index (κ2) is 8.73. The third-order valence-electron chi connectivity index (χ3n) is 5.16. The number of halogens is 2. The number of hydrogen-bond acceptors (Lipinski definition) is 1. The van der Waals surface area contributed by atoms with Crippen LogP contribution >= 0.6 is 39.7 Å². The summed E-state index contributed by atoms with van der Waals surface area (Å²) in [5, 5.41) is 8.49. The lowest BCUT2D eigenvalue weighted by molar-refractivity contribution is 0.362. The van der Waals surface area contributed by atoms with Crippen LogP contribution in [0, 0.1) is 6.92 Å². The van der Waals surface area contributed by atoms with Crippen molar-refractivity contribution in [1.29, 1.82) is 0 Å². The van der Waals surface area contributed by atoms with Crippen LogP contribution in [0.3, 0.4) is 0 Å². The van der Waals surface area contributed by atoms with Gasteiger partial charge in [-0.1, -0.05) is 52.5 Å². The predicted octanol–water partition coefficient (Wildman–Crippen LogP) is 6.64. The number of benzene rings is 2. The quantitative estimate of drug-likeness (QED) is 0.498. The number of rotatable bonds is 5. The molecule has 0 aliphatic heterocycles. The zero-order valence-corrected chi connectivity index (χ0v) is 18.1. The average molecular weight is 452 g/mol. The second-order valence-electron chi connectivity index (χ2n) is 7.16. The van der Waals surface area contributed by atoms with Crippen LogP contribution in [0.4, 0.5) is 5.69 Å². The standard InChI is InChI=1S/C21H24BrClN2S/c1-15-14-18(8-9-19(15)22)24-20(26)25-21(11-2-3-12-21)13-10-16-4-6-17(23)7-5-16/h4-9,14H,2-3,10-13H2,1H3,(H2,24,25,26). The van der Waals surface area contributed by atoms with Gasteiger partial charge in [-0.25, -0.2) is 0 Å². The summed E-state index contributed by atoms with van der Waals surface area (Å²) in [5.41, 5.74) is 3.63. The number of nitrogens with one attached hydrogen (secondary N) is 2. The van der Waals surface area contributed by atoms with Crippen molar-refractivity contribution in [2.45, 2.75) is 51.0 Å². The Bertz CT molecular complexity index is 770. The number of anilines is 1. The van der Waals surface area contributed by atoms with Crippen LogP contribution in [0.5, 0.6) is 0 Å². The first-order valence-corrected chi connectivity index (χ1v) is 10.6. The molecule has 0 unspecified atom stereocenters. The van der Waals surface area contributed by atoms with Crippen molar-refractivity contribution in [3.63, 3.8) is 0 Å². The minimum atomic E-state index is 0.0914. The lowest BCUT2D eigenvalue weighted by atomic mass is 9.89. The number of thiocarbonyl (C=S) groups is 1. The third-order valence-corrected chi connectivity index (χ3v) is 6.51. The predicted molar refractivity (Wildman–Crippen MR) is 119 cm³/mol. The summed E-state index contributed by atoms with van der Waals surface area (Å²) in [6.45, 7) is 2.08. The van der Waals surface area contributed by atoms with Gasteiger partial charge < -0.3 is 10.6 Å². The zero-order chi connectivity index (χ0) is 18.6. The Morgan fingerprint density at radius 2 is 1.85 bits per heavy atom. The Labute approximate surface area is 174 Å². The summed E-state index contributed by atoms with van der Waals surface area (Å²) in [6.07, 6.45) is 6.96. The highest BCUT2D eigenvalue weighted by Gasteiger charge is 2.34. The SMILES string of the molecule is Cc1cc(NC(=S)NC2(CCc3ccc(Cl)cc3)CCCC2)ccc1Br. The van der Waals surface area contributed by atoms with E-state index < -0.39 is 0 Å². The summed E-state index contributed by atoms with van der Waals surface area (Å²) >= 11 is 15.1. The maximum atomic E-state index is 5.99. The van der Waals surface area contributed by atoms with Crippen LogP contribution in [0.25, 0.3) is 0 Å². The van der Waals surface area contributed by atoms with E-state index >= 15 is 0 Å². The molecule has 2 aromatic rings. The lowest BCUT2D eigenvalue weighted by Crippen LogP contribution is -2.48. The molecule has 1 aliphatic carbocycles. The molecule has 2 aromatic carbocycles. The molecule has 0 spiro atoms. The number of hydrogen-bond donors (Lipinski definition) is 2. The highest BCUT2D eigenvalue weighted by Crippen LogP contribution is 2.34. The molecule has 0 bridgehead atoms.